The first-order chi connectivity index (χ1) is 13.7. The van der Waals surface area contributed by atoms with Gasteiger partial charge in [0.05, 0.1) is 29.8 Å². The van der Waals surface area contributed by atoms with Crippen LogP contribution in [-0.2, 0) is 10.9 Å². The van der Waals surface area contributed by atoms with Gasteiger partial charge < -0.3 is 9.47 Å². The number of carbonyl (C=O) groups excluding carboxylic acids is 1. The van der Waals surface area contributed by atoms with Crippen LogP contribution in [0.15, 0.2) is 36.4 Å². The highest BCUT2D eigenvalue weighted by atomic mass is 19.4. The third-order valence-corrected chi connectivity index (χ3v) is 3.96. The van der Waals surface area contributed by atoms with Gasteiger partial charge in [-0.2, -0.15) is 13.2 Å². The molecule has 1 heterocycles. The maximum atomic E-state index is 13.7. The first-order valence-electron chi connectivity index (χ1n) is 8.73. The number of hydrogen-bond donors (Lipinski definition) is 0. The number of ether oxygens (including phenoxy) is 2. The summed E-state index contributed by atoms with van der Waals surface area (Å²) in [6, 6.07) is 6.71. The van der Waals surface area contributed by atoms with E-state index in [-0.39, 0.29) is 46.9 Å². The number of alkyl halides is 3. The van der Waals surface area contributed by atoms with Crippen LogP contribution >= 0.6 is 0 Å². The number of rotatable bonds is 5. The highest BCUT2D eigenvalue weighted by molar-refractivity contribution is 5.93. The average molecular weight is 408 g/mol. The fourth-order valence-electron chi connectivity index (χ4n) is 2.79. The number of benzene rings is 2. The second-order valence-electron chi connectivity index (χ2n) is 5.93. The van der Waals surface area contributed by atoms with Crippen molar-refractivity contribution in [3.63, 3.8) is 0 Å². The normalized spacial score (nSPS) is 11.5. The number of nitrogens with zero attached hydrogens (tertiary/aromatic N) is 2. The Hall–Kier alpha value is -3.23. The van der Waals surface area contributed by atoms with E-state index in [0.29, 0.717) is 0 Å². The van der Waals surface area contributed by atoms with E-state index in [1.54, 1.807) is 13.8 Å². The van der Waals surface area contributed by atoms with Crippen molar-refractivity contribution in [2.24, 2.45) is 0 Å². The molecule has 3 aromatic rings. The van der Waals surface area contributed by atoms with Crippen molar-refractivity contribution < 1.29 is 31.8 Å². The molecule has 5 nitrogen and oxygen atoms in total. The fourth-order valence-corrected chi connectivity index (χ4v) is 2.79. The number of esters is 1. The van der Waals surface area contributed by atoms with Gasteiger partial charge in [0.1, 0.15) is 5.82 Å². The first-order valence-corrected chi connectivity index (χ1v) is 8.73. The molecule has 0 aliphatic carbocycles. The van der Waals surface area contributed by atoms with E-state index < -0.39 is 23.5 Å². The van der Waals surface area contributed by atoms with E-state index in [0.717, 1.165) is 24.3 Å². The van der Waals surface area contributed by atoms with Crippen LogP contribution in [0.4, 0.5) is 17.6 Å². The summed E-state index contributed by atoms with van der Waals surface area (Å²) < 4.78 is 64.8. The van der Waals surface area contributed by atoms with Gasteiger partial charge in [0.15, 0.2) is 0 Å². The smallest absolute Gasteiger partial charge is 0.417 e. The molecule has 9 heteroatoms. The molecule has 3 rings (SSSR count). The zero-order valence-electron chi connectivity index (χ0n) is 15.5. The zero-order chi connectivity index (χ0) is 21.2. The van der Waals surface area contributed by atoms with Gasteiger partial charge in [0.2, 0.25) is 11.6 Å². The third kappa shape index (κ3) is 4.28. The van der Waals surface area contributed by atoms with Crippen molar-refractivity contribution in [3.8, 4) is 17.0 Å². The Balaban J connectivity index is 2.30. The Morgan fingerprint density at radius 3 is 2.38 bits per heavy atom. The summed E-state index contributed by atoms with van der Waals surface area (Å²) in [5.74, 6) is -1.71. The fraction of sp³-hybridized carbons (Fsp3) is 0.250. The van der Waals surface area contributed by atoms with Gasteiger partial charge >= 0.3 is 12.1 Å². The van der Waals surface area contributed by atoms with Crippen LogP contribution in [0.25, 0.3) is 22.2 Å². The molecule has 0 amide bonds. The van der Waals surface area contributed by atoms with E-state index >= 15 is 0 Å². The molecule has 0 bridgehead atoms. The van der Waals surface area contributed by atoms with Gasteiger partial charge in [0, 0.05) is 0 Å². The lowest BCUT2D eigenvalue weighted by atomic mass is 9.98. The predicted molar refractivity (Wildman–Crippen MR) is 97.1 cm³/mol. The van der Waals surface area contributed by atoms with E-state index in [4.69, 9.17) is 9.47 Å². The Labute approximate surface area is 163 Å². The summed E-state index contributed by atoms with van der Waals surface area (Å²) in [7, 11) is 0. The van der Waals surface area contributed by atoms with Gasteiger partial charge in [-0.15, -0.1) is 0 Å². The van der Waals surface area contributed by atoms with E-state index in [1.807, 2.05) is 0 Å². The van der Waals surface area contributed by atoms with Gasteiger partial charge in [0.25, 0.3) is 0 Å². The highest BCUT2D eigenvalue weighted by Gasteiger charge is 2.35. The third-order valence-electron chi connectivity index (χ3n) is 3.96. The van der Waals surface area contributed by atoms with Crippen LogP contribution in [-0.4, -0.2) is 29.2 Å². The molecular weight excluding hydrogens is 392 g/mol. The molecule has 0 radical (unpaired) electrons. The van der Waals surface area contributed by atoms with Crippen LogP contribution in [0.3, 0.4) is 0 Å². The summed E-state index contributed by atoms with van der Waals surface area (Å²) in [5.41, 5.74) is -1.61. The molecule has 152 valence electrons. The molecular formula is C20H16F4N2O3. The molecule has 0 N–H and O–H groups in total. The minimum atomic E-state index is -4.72. The lowest BCUT2D eigenvalue weighted by Crippen LogP contribution is -2.13. The number of aromatic nitrogens is 2. The minimum absolute atomic E-state index is 0.0174. The maximum Gasteiger partial charge on any atom is 0.417 e. The van der Waals surface area contributed by atoms with Crippen LogP contribution in [0.1, 0.15) is 29.9 Å². The second kappa shape index (κ2) is 8.02. The molecule has 0 fully saturated rings. The van der Waals surface area contributed by atoms with Crippen molar-refractivity contribution in [3.05, 3.63) is 53.5 Å². The lowest BCUT2D eigenvalue weighted by Gasteiger charge is -2.15. The van der Waals surface area contributed by atoms with Crippen LogP contribution in [0.2, 0.25) is 0 Å². The standard InChI is InChI=1S/C20H16F4N2O3/c1-3-28-18-17(19(27)29-4-2)25-15-9-13(11-6-5-7-12(21)8-11)14(20(22,23)24)10-16(15)26-18/h5-10H,3-4H2,1-2H3. The van der Waals surface area contributed by atoms with E-state index in [1.165, 1.54) is 12.1 Å². The van der Waals surface area contributed by atoms with Gasteiger partial charge in [-0.05, 0) is 49.2 Å². The van der Waals surface area contributed by atoms with Gasteiger partial charge in [-0.25, -0.2) is 19.2 Å². The van der Waals surface area contributed by atoms with Crippen LogP contribution < -0.4 is 4.74 Å². The summed E-state index contributed by atoms with van der Waals surface area (Å²) in [6.07, 6.45) is -4.72. The molecule has 29 heavy (non-hydrogen) atoms. The Kier molecular flexibility index (Phi) is 5.67. The van der Waals surface area contributed by atoms with Crippen molar-refractivity contribution in [2.75, 3.05) is 13.2 Å². The predicted octanol–water partition coefficient (Wildman–Crippen LogP) is 5.03. The first kappa shape index (κ1) is 20.5. The molecule has 0 unspecified atom stereocenters. The SMILES string of the molecule is CCOC(=O)c1nc2cc(-c3cccc(F)c3)c(C(F)(F)F)cc2nc1OCC. The van der Waals surface area contributed by atoms with Crippen molar-refractivity contribution in [2.45, 2.75) is 20.0 Å². The largest absolute Gasteiger partial charge is 0.476 e. The summed E-state index contributed by atoms with van der Waals surface area (Å²) in [6.45, 7) is 3.44. The Morgan fingerprint density at radius 1 is 1.03 bits per heavy atom. The minimum Gasteiger partial charge on any atom is -0.476 e. The molecule has 0 saturated heterocycles. The van der Waals surface area contributed by atoms with Crippen molar-refractivity contribution in [1.82, 2.24) is 9.97 Å². The van der Waals surface area contributed by atoms with Gasteiger partial charge in [-0.3, -0.25) is 0 Å². The molecule has 0 aliphatic rings. The quantitative estimate of drug-likeness (QED) is 0.438. The maximum absolute atomic E-state index is 13.7. The van der Waals surface area contributed by atoms with Crippen molar-refractivity contribution >= 4 is 17.0 Å². The van der Waals surface area contributed by atoms with E-state index in [9.17, 15) is 22.4 Å². The zero-order valence-corrected chi connectivity index (χ0v) is 15.5. The molecule has 0 aliphatic heterocycles. The van der Waals surface area contributed by atoms with Crippen LogP contribution in [0.5, 0.6) is 5.88 Å². The molecule has 1 aromatic heterocycles. The van der Waals surface area contributed by atoms with E-state index in [2.05, 4.69) is 9.97 Å². The number of fused-ring (bicyclic) bond motifs is 1. The van der Waals surface area contributed by atoms with Gasteiger partial charge in [-0.1, -0.05) is 12.1 Å². The molecule has 0 atom stereocenters. The Bertz CT molecular complexity index is 1070. The molecule has 2 aromatic carbocycles. The molecule has 0 saturated carbocycles. The number of carbonyl (C=O) groups is 1. The topological polar surface area (TPSA) is 61.3 Å². The summed E-state index contributed by atoms with van der Waals surface area (Å²) in [4.78, 5) is 20.3. The second-order valence-corrected chi connectivity index (χ2v) is 5.93. The lowest BCUT2D eigenvalue weighted by molar-refractivity contribution is -0.137. The highest BCUT2D eigenvalue weighted by Crippen LogP contribution is 2.39. The van der Waals surface area contributed by atoms with Crippen LogP contribution in [0, 0.1) is 5.82 Å². The number of halogens is 4. The summed E-state index contributed by atoms with van der Waals surface area (Å²) in [5, 5.41) is 0. The summed E-state index contributed by atoms with van der Waals surface area (Å²) >= 11 is 0. The van der Waals surface area contributed by atoms with Crippen molar-refractivity contribution in [1.29, 1.82) is 0 Å². The Morgan fingerprint density at radius 2 is 1.76 bits per heavy atom. The number of hydrogen-bond acceptors (Lipinski definition) is 5. The average Bonchev–Trinajstić information content (AvgIpc) is 2.66. The monoisotopic (exact) mass is 408 g/mol. The molecule has 0 spiro atoms.